The maximum Gasteiger partial charge on any atom is 0.0420 e. The molecule has 19 heavy (non-hydrogen) atoms. The molecule has 2 heterocycles. The molecule has 1 aliphatic rings. The van der Waals surface area contributed by atoms with Gasteiger partial charge in [-0.1, -0.05) is 12.1 Å². The summed E-state index contributed by atoms with van der Waals surface area (Å²) in [6.07, 6.45) is 5.92. The van der Waals surface area contributed by atoms with Gasteiger partial charge >= 0.3 is 0 Å². The Morgan fingerprint density at radius 2 is 2.26 bits per heavy atom. The first-order chi connectivity index (χ1) is 9.24. The fourth-order valence-electron chi connectivity index (χ4n) is 2.69. The monoisotopic (exact) mass is 253 g/mol. The Morgan fingerprint density at radius 3 is 3.05 bits per heavy atom. The van der Waals surface area contributed by atoms with Crippen molar-refractivity contribution in [2.45, 2.75) is 19.8 Å². The van der Waals surface area contributed by atoms with Crippen LogP contribution in [-0.4, -0.2) is 18.1 Å². The van der Waals surface area contributed by atoms with Gasteiger partial charge < -0.3 is 10.6 Å². The molecule has 1 aromatic carbocycles. The van der Waals surface area contributed by atoms with Gasteiger partial charge in [0.05, 0.1) is 0 Å². The minimum Gasteiger partial charge on any atom is -0.398 e. The number of pyridine rings is 1. The average Bonchev–Trinajstić information content (AvgIpc) is 2.80. The number of hydrogen-bond donors (Lipinski definition) is 1. The Balaban J connectivity index is 1.74. The summed E-state index contributed by atoms with van der Waals surface area (Å²) in [6.45, 7) is 4.20. The van der Waals surface area contributed by atoms with Crippen molar-refractivity contribution in [1.82, 2.24) is 4.98 Å². The molecular formula is C16H19N3. The summed E-state index contributed by atoms with van der Waals surface area (Å²) in [7, 11) is 0. The van der Waals surface area contributed by atoms with Crippen LogP contribution < -0.4 is 10.6 Å². The highest BCUT2D eigenvalue weighted by Gasteiger charge is 2.19. The van der Waals surface area contributed by atoms with Crippen LogP contribution in [0.4, 0.5) is 11.4 Å². The number of fused-ring (bicyclic) bond motifs is 1. The third-order valence-electron chi connectivity index (χ3n) is 3.85. The van der Waals surface area contributed by atoms with Crippen LogP contribution in [0.5, 0.6) is 0 Å². The molecule has 0 aliphatic carbocycles. The van der Waals surface area contributed by atoms with E-state index in [9.17, 15) is 0 Å². The molecule has 0 radical (unpaired) electrons. The molecule has 0 fully saturated rings. The van der Waals surface area contributed by atoms with E-state index in [1.165, 1.54) is 22.4 Å². The lowest BCUT2D eigenvalue weighted by atomic mass is 10.1. The third kappa shape index (κ3) is 2.41. The van der Waals surface area contributed by atoms with Gasteiger partial charge in [0, 0.05) is 36.9 Å². The first kappa shape index (κ1) is 12.0. The molecule has 1 aromatic heterocycles. The highest BCUT2D eigenvalue weighted by molar-refractivity contribution is 5.67. The molecule has 0 unspecified atom stereocenters. The van der Waals surface area contributed by atoms with E-state index in [1.807, 2.05) is 18.5 Å². The zero-order chi connectivity index (χ0) is 13.2. The number of nitrogens with two attached hydrogens (primary N) is 1. The fourth-order valence-corrected chi connectivity index (χ4v) is 2.69. The molecule has 0 bridgehead atoms. The topological polar surface area (TPSA) is 42.1 Å². The average molecular weight is 253 g/mol. The molecule has 0 saturated carbocycles. The normalized spacial score (nSPS) is 13.6. The number of hydrogen-bond acceptors (Lipinski definition) is 3. The summed E-state index contributed by atoms with van der Waals surface area (Å²) in [6, 6.07) is 8.48. The van der Waals surface area contributed by atoms with E-state index >= 15 is 0 Å². The first-order valence-corrected chi connectivity index (χ1v) is 6.77. The molecule has 2 N–H and O–H groups in total. The molecule has 3 heteroatoms. The van der Waals surface area contributed by atoms with Gasteiger partial charge in [-0.05, 0) is 48.6 Å². The van der Waals surface area contributed by atoms with E-state index in [1.54, 1.807) is 0 Å². The number of aromatic nitrogens is 1. The third-order valence-corrected chi connectivity index (χ3v) is 3.85. The second-order valence-corrected chi connectivity index (χ2v) is 5.19. The number of nitrogen functional groups attached to an aromatic ring is 1. The number of nitrogens with zero attached hydrogens (tertiary/aromatic N) is 2. The number of aryl methyl sites for hydroxylation is 1. The Morgan fingerprint density at radius 1 is 1.37 bits per heavy atom. The van der Waals surface area contributed by atoms with Crippen molar-refractivity contribution in [3.05, 3.63) is 53.3 Å². The van der Waals surface area contributed by atoms with Crippen molar-refractivity contribution in [1.29, 1.82) is 0 Å². The lowest BCUT2D eigenvalue weighted by molar-refractivity contribution is 0.811. The Kier molecular flexibility index (Phi) is 3.11. The van der Waals surface area contributed by atoms with Gasteiger partial charge in [-0.15, -0.1) is 0 Å². The summed E-state index contributed by atoms with van der Waals surface area (Å²) in [5.74, 6) is 0. The molecule has 0 atom stereocenters. The zero-order valence-electron chi connectivity index (χ0n) is 11.3. The maximum atomic E-state index is 6.03. The molecular weight excluding hydrogens is 234 g/mol. The molecule has 3 rings (SSSR count). The van der Waals surface area contributed by atoms with E-state index in [2.05, 4.69) is 35.0 Å². The van der Waals surface area contributed by atoms with Gasteiger partial charge in [-0.25, -0.2) is 0 Å². The number of rotatable bonds is 3. The van der Waals surface area contributed by atoms with Crippen LogP contribution in [0.15, 0.2) is 36.7 Å². The van der Waals surface area contributed by atoms with Gasteiger partial charge in [0.2, 0.25) is 0 Å². The minimum atomic E-state index is 0.895. The molecule has 0 spiro atoms. The molecule has 3 nitrogen and oxygen atoms in total. The SMILES string of the molecule is Cc1cc2c(cc1N)N(CCc1cccnc1)CC2. The second kappa shape index (κ2) is 4.92. The maximum absolute atomic E-state index is 6.03. The van der Waals surface area contributed by atoms with Crippen molar-refractivity contribution in [3.63, 3.8) is 0 Å². The minimum absolute atomic E-state index is 0.895. The summed E-state index contributed by atoms with van der Waals surface area (Å²) in [5, 5.41) is 0. The van der Waals surface area contributed by atoms with Crippen molar-refractivity contribution in [3.8, 4) is 0 Å². The Labute approximate surface area is 114 Å². The largest absolute Gasteiger partial charge is 0.398 e. The lowest BCUT2D eigenvalue weighted by Gasteiger charge is -2.20. The summed E-state index contributed by atoms with van der Waals surface area (Å²) in [4.78, 5) is 6.59. The van der Waals surface area contributed by atoms with Gasteiger partial charge in [0.25, 0.3) is 0 Å². The van der Waals surface area contributed by atoms with E-state index < -0.39 is 0 Å². The number of benzene rings is 1. The predicted molar refractivity (Wildman–Crippen MR) is 79.4 cm³/mol. The first-order valence-electron chi connectivity index (χ1n) is 6.77. The molecule has 0 amide bonds. The van der Waals surface area contributed by atoms with Gasteiger partial charge in [0.15, 0.2) is 0 Å². The van der Waals surface area contributed by atoms with E-state index in [0.29, 0.717) is 0 Å². The van der Waals surface area contributed by atoms with Gasteiger partial charge in [-0.3, -0.25) is 4.98 Å². The van der Waals surface area contributed by atoms with E-state index in [0.717, 1.165) is 31.6 Å². The summed E-state index contributed by atoms with van der Waals surface area (Å²) in [5.41, 5.74) is 12.1. The quantitative estimate of drug-likeness (QED) is 0.855. The van der Waals surface area contributed by atoms with Crippen molar-refractivity contribution in [2.24, 2.45) is 0 Å². The van der Waals surface area contributed by atoms with Crippen LogP contribution in [0.2, 0.25) is 0 Å². The van der Waals surface area contributed by atoms with Crippen molar-refractivity contribution in [2.75, 3.05) is 23.7 Å². The van der Waals surface area contributed by atoms with Gasteiger partial charge in [-0.2, -0.15) is 0 Å². The Hall–Kier alpha value is -2.03. The zero-order valence-corrected chi connectivity index (χ0v) is 11.3. The van der Waals surface area contributed by atoms with Crippen LogP contribution in [0.3, 0.4) is 0 Å². The lowest BCUT2D eigenvalue weighted by Crippen LogP contribution is -2.23. The summed E-state index contributed by atoms with van der Waals surface area (Å²) < 4.78 is 0. The highest BCUT2D eigenvalue weighted by Crippen LogP contribution is 2.31. The Bertz CT molecular complexity index is 578. The van der Waals surface area contributed by atoms with E-state index in [-0.39, 0.29) is 0 Å². The van der Waals surface area contributed by atoms with Crippen molar-refractivity contribution >= 4 is 11.4 Å². The van der Waals surface area contributed by atoms with Crippen molar-refractivity contribution < 1.29 is 0 Å². The second-order valence-electron chi connectivity index (χ2n) is 5.19. The van der Waals surface area contributed by atoms with Crippen LogP contribution >= 0.6 is 0 Å². The smallest absolute Gasteiger partial charge is 0.0420 e. The van der Waals surface area contributed by atoms with Crippen LogP contribution in [0.1, 0.15) is 16.7 Å². The number of anilines is 2. The molecule has 2 aromatic rings. The van der Waals surface area contributed by atoms with Crippen LogP contribution in [-0.2, 0) is 12.8 Å². The van der Waals surface area contributed by atoms with Gasteiger partial charge in [0.1, 0.15) is 0 Å². The van der Waals surface area contributed by atoms with E-state index in [4.69, 9.17) is 5.73 Å². The molecule has 98 valence electrons. The molecule has 0 saturated heterocycles. The summed E-state index contributed by atoms with van der Waals surface area (Å²) >= 11 is 0. The highest BCUT2D eigenvalue weighted by atomic mass is 15.1. The standard InChI is InChI=1S/C16H19N3/c1-12-9-14-5-8-19(16(14)10-15(12)17)7-4-13-3-2-6-18-11-13/h2-3,6,9-11H,4-5,7-8,17H2,1H3. The van der Waals surface area contributed by atoms with Crippen LogP contribution in [0, 0.1) is 6.92 Å². The predicted octanol–water partition coefficient (Wildman–Crippen LogP) is 2.58. The van der Waals surface area contributed by atoms with Crippen LogP contribution in [0.25, 0.3) is 0 Å². The fraction of sp³-hybridized carbons (Fsp3) is 0.312. The molecule has 1 aliphatic heterocycles.